The molecule has 1 unspecified atom stereocenters. The molecule has 3 aliphatic rings. The second-order valence-corrected chi connectivity index (χ2v) is 9.50. The van der Waals surface area contributed by atoms with E-state index in [1.54, 1.807) is 30.3 Å². The number of amides is 3. The first-order valence-electron chi connectivity index (χ1n) is 12.0. The molecule has 3 amide bonds. The third-order valence-corrected chi connectivity index (χ3v) is 6.90. The van der Waals surface area contributed by atoms with Crippen LogP contribution in [0.15, 0.2) is 36.4 Å². The minimum absolute atomic E-state index is 0.0363. The van der Waals surface area contributed by atoms with E-state index in [9.17, 15) is 23.2 Å². The highest BCUT2D eigenvalue weighted by Gasteiger charge is 2.39. The fourth-order valence-electron chi connectivity index (χ4n) is 4.77. The van der Waals surface area contributed by atoms with Crippen LogP contribution in [0.25, 0.3) is 0 Å². The van der Waals surface area contributed by atoms with Crippen molar-refractivity contribution in [3.8, 4) is 11.5 Å². The van der Waals surface area contributed by atoms with Crippen molar-refractivity contribution in [2.45, 2.75) is 51.3 Å². The van der Waals surface area contributed by atoms with Gasteiger partial charge in [0, 0.05) is 37.2 Å². The van der Waals surface area contributed by atoms with Crippen LogP contribution in [0.2, 0.25) is 0 Å². The maximum atomic E-state index is 13.2. The van der Waals surface area contributed by atoms with Crippen LogP contribution in [-0.4, -0.2) is 48.4 Å². The summed E-state index contributed by atoms with van der Waals surface area (Å²) >= 11 is 0. The van der Waals surface area contributed by atoms with Crippen molar-refractivity contribution >= 4 is 23.4 Å². The summed E-state index contributed by atoms with van der Waals surface area (Å²) in [5, 5.41) is 5.57. The first kappa shape index (κ1) is 24.0. The van der Waals surface area contributed by atoms with Gasteiger partial charge in [-0.2, -0.15) is 8.78 Å². The minimum Gasteiger partial charge on any atom is -0.489 e. The number of ether oxygens (including phenoxy) is 2. The van der Waals surface area contributed by atoms with E-state index in [2.05, 4.69) is 15.4 Å². The number of carbonyl (C=O) groups is 3. The van der Waals surface area contributed by atoms with Crippen molar-refractivity contribution in [1.29, 1.82) is 0 Å². The highest BCUT2D eigenvalue weighted by atomic mass is 19.3. The summed E-state index contributed by atoms with van der Waals surface area (Å²) < 4.78 is 36.2. The molecule has 8 nitrogen and oxygen atoms in total. The van der Waals surface area contributed by atoms with Crippen LogP contribution in [0, 0.1) is 5.92 Å². The van der Waals surface area contributed by atoms with E-state index >= 15 is 0 Å². The number of nitrogens with zero attached hydrogens (tertiary/aromatic N) is 1. The number of alkyl halides is 2. The summed E-state index contributed by atoms with van der Waals surface area (Å²) in [6, 6.07) is 9.22. The van der Waals surface area contributed by atoms with Crippen LogP contribution >= 0.6 is 0 Å². The second kappa shape index (κ2) is 9.75. The van der Waals surface area contributed by atoms with Gasteiger partial charge in [-0.05, 0) is 60.6 Å². The largest absolute Gasteiger partial charge is 0.489 e. The quantitative estimate of drug-likeness (QED) is 0.578. The van der Waals surface area contributed by atoms with Crippen LogP contribution in [0.3, 0.4) is 0 Å². The summed E-state index contributed by atoms with van der Waals surface area (Å²) in [6.45, 7) is -0.379. The monoisotopic (exact) mass is 499 g/mol. The number of hydrogen-bond donors (Lipinski definition) is 2. The fourth-order valence-corrected chi connectivity index (χ4v) is 4.77. The maximum absolute atomic E-state index is 13.2. The number of hydrogen-bond acceptors (Lipinski definition) is 5. The summed E-state index contributed by atoms with van der Waals surface area (Å²) in [5.41, 5.74) is 2.64. The van der Waals surface area contributed by atoms with Crippen molar-refractivity contribution in [2.24, 2.45) is 5.92 Å². The molecule has 10 heteroatoms. The SMILES string of the molecule is CC(=O)N1CC(c2ccc(OC(F)F)c(OCC3CC3)c2)C[C@@H]1C(=O)Nc1ccc2c(c1)C(=O)NC2. The molecule has 2 fully saturated rings. The summed E-state index contributed by atoms with van der Waals surface area (Å²) in [5.74, 6) is -0.358. The molecule has 36 heavy (non-hydrogen) atoms. The van der Waals surface area contributed by atoms with Crippen molar-refractivity contribution in [3.63, 3.8) is 0 Å². The summed E-state index contributed by atoms with van der Waals surface area (Å²) in [4.78, 5) is 39.0. The topological polar surface area (TPSA) is 97.0 Å². The molecule has 2 heterocycles. The number of rotatable bonds is 8. The van der Waals surface area contributed by atoms with Gasteiger partial charge >= 0.3 is 6.61 Å². The molecule has 0 spiro atoms. The van der Waals surface area contributed by atoms with Gasteiger partial charge in [-0.15, -0.1) is 0 Å². The van der Waals surface area contributed by atoms with Gasteiger partial charge in [-0.25, -0.2) is 0 Å². The third-order valence-electron chi connectivity index (χ3n) is 6.90. The lowest BCUT2D eigenvalue weighted by Gasteiger charge is -2.22. The zero-order valence-electron chi connectivity index (χ0n) is 19.8. The van der Waals surface area contributed by atoms with Crippen molar-refractivity contribution in [1.82, 2.24) is 10.2 Å². The van der Waals surface area contributed by atoms with Gasteiger partial charge in [0.05, 0.1) is 6.61 Å². The normalized spacial score (nSPS) is 20.8. The van der Waals surface area contributed by atoms with Gasteiger partial charge in [-0.3, -0.25) is 14.4 Å². The van der Waals surface area contributed by atoms with Gasteiger partial charge in [0.25, 0.3) is 5.91 Å². The zero-order chi connectivity index (χ0) is 25.4. The van der Waals surface area contributed by atoms with E-state index in [0.29, 0.717) is 43.3 Å². The van der Waals surface area contributed by atoms with E-state index in [4.69, 9.17) is 4.74 Å². The Kier molecular flexibility index (Phi) is 6.51. The Morgan fingerprint density at radius 3 is 2.69 bits per heavy atom. The lowest BCUT2D eigenvalue weighted by atomic mass is 9.95. The Morgan fingerprint density at radius 1 is 1.17 bits per heavy atom. The third kappa shape index (κ3) is 5.12. The highest BCUT2D eigenvalue weighted by Crippen LogP contribution is 2.39. The van der Waals surface area contributed by atoms with E-state index in [0.717, 1.165) is 24.0 Å². The van der Waals surface area contributed by atoms with Gasteiger partial charge < -0.3 is 25.0 Å². The number of fused-ring (bicyclic) bond motifs is 1. The molecular formula is C26H27F2N3O5. The number of benzene rings is 2. The lowest BCUT2D eigenvalue weighted by Crippen LogP contribution is -2.42. The number of nitrogens with one attached hydrogen (secondary N) is 2. The van der Waals surface area contributed by atoms with Gasteiger partial charge in [0.15, 0.2) is 11.5 Å². The van der Waals surface area contributed by atoms with E-state index in [1.165, 1.54) is 17.9 Å². The summed E-state index contributed by atoms with van der Waals surface area (Å²) in [6.07, 6.45) is 2.45. The Morgan fingerprint density at radius 2 is 1.97 bits per heavy atom. The number of anilines is 1. The Labute approximate surface area is 206 Å². The smallest absolute Gasteiger partial charge is 0.387 e. The number of likely N-dealkylation sites (tertiary alicyclic amines) is 1. The van der Waals surface area contributed by atoms with E-state index in [1.807, 2.05) is 0 Å². The van der Waals surface area contributed by atoms with E-state index < -0.39 is 12.7 Å². The molecule has 1 saturated carbocycles. The standard InChI is InChI=1S/C26H27F2N3O5/c1-14(32)31-12-18(16-5-7-22(36-26(27)28)23(9-16)35-13-15-2-3-15)8-21(31)25(34)30-19-6-4-17-11-29-24(33)20(17)10-19/h4-7,9-10,15,18,21,26H,2-3,8,11-13H2,1H3,(H,29,33)(H,30,34)/t18?,21-/m1/s1. The van der Waals surface area contributed by atoms with E-state index in [-0.39, 0.29) is 35.1 Å². The zero-order valence-corrected chi connectivity index (χ0v) is 19.8. The molecule has 2 atom stereocenters. The highest BCUT2D eigenvalue weighted by molar-refractivity contribution is 6.02. The second-order valence-electron chi connectivity index (χ2n) is 9.50. The Balaban J connectivity index is 1.33. The first-order valence-corrected chi connectivity index (χ1v) is 12.0. The predicted molar refractivity (Wildman–Crippen MR) is 126 cm³/mol. The van der Waals surface area contributed by atoms with Crippen LogP contribution < -0.4 is 20.1 Å². The molecule has 1 aliphatic carbocycles. The molecule has 2 aromatic rings. The Bertz CT molecular complexity index is 1200. The van der Waals surface area contributed by atoms with Gasteiger partial charge in [0.1, 0.15) is 6.04 Å². The molecule has 2 aliphatic heterocycles. The first-order chi connectivity index (χ1) is 17.3. The molecule has 0 bridgehead atoms. The van der Waals surface area contributed by atoms with Crippen LogP contribution in [-0.2, 0) is 16.1 Å². The maximum Gasteiger partial charge on any atom is 0.387 e. The van der Waals surface area contributed by atoms with Crippen LogP contribution in [0.4, 0.5) is 14.5 Å². The molecule has 190 valence electrons. The molecule has 2 N–H and O–H groups in total. The lowest BCUT2D eigenvalue weighted by molar-refractivity contribution is -0.134. The number of halogens is 2. The fraction of sp³-hybridized carbons (Fsp3) is 0.423. The van der Waals surface area contributed by atoms with Crippen molar-refractivity contribution < 1.29 is 32.6 Å². The minimum atomic E-state index is -2.97. The molecule has 0 radical (unpaired) electrons. The van der Waals surface area contributed by atoms with Gasteiger partial charge in [-0.1, -0.05) is 12.1 Å². The predicted octanol–water partition coefficient (Wildman–Crippen LogP) is 3.66. The molecule has 2 aromatic carbocycles. The molecule has 1 saturated heterocycles. The molecule has 5 rings (SSSR count). The molecule has 0 aromatic heterocycles. The Hall–Kier alpha value is -3.69. The van der Waals surface area contributed by atoms with Crippen molar-refractivity contribution in [3.05, 3.63) is 53.1 Å². The average molecular weight is 500 g/mol. The summed E-state index contributed by atoms with van der Waals surface area (Å²) in [7, 11) is 0. The van der Waals surface area contributed by atoms with Crippen LogP contribution in [0.5, 0.6) is 11.5 Å². The number of carbonyl (C=O) groups excluding carboxylic acids is 3. The van der Waals surface area contributed by atoms with Crippen LogP contribution in [0.1, 0.15) is 53.6 Å². The molecular weight excluding hydrogens is 472 g/mol. The average Bonchev–Trinajstić information content (AvgIpc) is 3.44. The van der Waals surface area contributed by atoms with Gasteiger partial charge in [0.2, 0.25) is 11.8 Å². The van der Waals surface area contributed by atoms with Crippen molar-refractivity contribution in [2.75, 3.05) is 18.5 Å².